The van der Waals surface area contributed by atoms with Gasteiger partial charge in [0.15, 0.2) is 6.10 Å². The summed E-state index contributed by atoms with van der Waals surface area (Å²) in [5.74, 6) is -1.40. The van der Waals surface area contributed by atoms with Gasteiger partial charge in [0.2, 0.25) is 0 Å². The zero-order chi connectivity index (χ0) is 51.9. The van der Waals surface area contributed by atoms with E-state index in [2.05, 4.69) is 35.8 Å². The van der Waals surface area contributed by atoms with E-state index in [0.717, 1.165) is 38.5 Å². The Kier molecular flexibility index (Phi) is 37.1. The number of aliphatic hydroxyl groups excluding tert-OH is 5. The molecule has 1 aliphatic rings. The van der Waals surface area contributed by atoms with Gasteiger partial charge in [0.25, 0.3) is 0 Å². The predicted octanol–water partition coefficient (Wildman–Crippen LogP) is 8.70. The highest BCUT2D eigenvalue weighted by atomic mass is 31.2. The van der Waals surface area contributed by atoms with Crippen LogP contribution in [0.2, 0.25) is 0 Å². The third kappa shape index (κ3) is 34.1. The van der Waals surface area contributed by atoms with E-state index in [9.17, 15) is 58.9 Å². The van der Waals surface area contributed by atoms with E-state index in [1.54, 1.807) is 12.2 Å². The van der Waals surface area contributed by atoms with Crippen LogP contribution in [0.3, 0.4) is 0 Å². The van der Waals surface area contributed by atoms with Crippen LogP contribution in [-0.4, -0.2) is 114 Å². The Balaban J connectivity index is 2.69. The molecule has 0 spiro atoms. The molecule has 0 bridgehead atoms. The minimum atomic E-state index is -5.39. The van der Waals surface area contributed by atoms with Crippen LogP contribution in [-0.2, 0) is 41.8 Å². The molecule has 19 heteroatoms. The lowest BCUT2D eigenvalue weighted by molar-refractivity contribution is -0.216. The minimum Gasteiger partial charge on any atom is -0.462 e. The molecule has 398 valence electrons. The molecule has 0 aromatic heterocycles. The molecule has 1 aliphatic carbocycles. The van der Waals surface area contributed by atoms with Crippen LogP contribution in [0.25, 0.3) is 0 Å². The highest BCUT2D eigenvalue weighted by molar-refractivity contribution is 7.47. The highest BCUT2D eigenvalue weighted by Gasteiger charge is 2.54. The quantitative estimate of drug-likeness (QED) is 0.00940. The molecule has 1 saturated carbocycles. The van der Waals surface area contributed by atoms with Crippen molar-refractivity contribution >= 4 is 27.6 Å². The van der Waals surface area contributed by atoms with Crippen LogP contribution in [0.5, 0.6) is 0 Å². The van der Waals surface area contributed by atoms with Crippen LogP contribution in [0, 0.1) is 0 Å². The number of unbranched alkanes of at least 4 members (excludes halogenated alkanes) is 7. The van der Waals surface area contributed by atoms with Crippen molar-refractivity contribution in [1.82, 2.24) is 0 Å². The number of hydrogen-bond donors (Lipinski definition) is 8. The van der Waals surface area contributed by atoms with E-state index < -0.39 is 89.6 Å². The Bertz CT molecular complexity index is 1780. The molecular weight excluding hydrogens is 946 g/mol. The van der Waals surface area contributed by atoms with E-state index in [4.69, 9.17) is 18.5 Å². The average molecular weight is 1030 g/mol. The first-order valence-corrected chi connectivity index (χ1v) is 27.6. The minimum absolute atomic E-state index is 0.0190. The van der Waals surface area contributed by atoms with Crippen LogP contribution in [0.15, 0.2) is 109 Å². The Hall–Kier alpha value is -3.38. The summed E-state index contributed by atoms with van der Waals surface area (Å²) in [6.45, 7) is 2.78. The molecule has 0 amide bonds. The van der Waals surface area contributed by atoms with Crippen molar-refractivity contribution in [3.63, 3.8) is 0 Å². The van der Waals surface area contributed by atoms with Crippen LogP contribution >= 0.6 is 15.6 Å². The maximum absolute atomic E-state index is 13.0. The van der Waals surface area contributed by atoms with Crippen LogP contribution in [0.1, 0.15) is 136 Å². The van der Waals surface area contributed by atoms with Crippen molar-refractivity contribution < 1.29 is 82.0 Å². The molecule has 8 N–H and O–H groups in total. The summed E-state index contributed by atoms with van der Waals surface area (Å²) in [5, 5.41) is 51.1. The summed E-state index contributed by atoms with van der Waals surface area (Å²) < 4.78 is 49.2. The molecule has 0 aromatic carbocycles. The van der Waals surface area contributed by atoms with Gasteiger partial charge in [-0.05, 0) is 77.0 Å². The molecule has 0 aliphatic heterocycles. The predicted molar refractivity (Wildman–Crippen MR) is 270 cm³/mol. The second-order valence-electron chi connectivity index (χ2n) is 16.6. The third-order valence-electron chi connectivity index (χ3n) is 10.4. The number of rotatable bonds is 39. The molecule has 0 aromatic rings. The maximum Gasteiger partial charge on any atom is 0.472 e. The monoisotopic (exact) mass is 1030 g/mol. The van der Waals surface area contributed by atoms with E-state index in [1.807, 2.05) is 79.8 Å². The summed E-state index contributed by atoms with van der Waals surface area (Å²) in [6.07, 6.45) is 35.3. The molecule has 6 unspecified atom stereocenters. The first-order valence-electron chi connectivity index (χ1n) is 24.5. The summed E-state index contributed by atoms with van der Waals surface area (Å²) >= 11 is 0. The lowest BCUT2D eigenvalue weighted by Crippen LogP contribution is -2.64. The zero-order valence-corrected chi connectivity index (χ0v) is 42.8. The Morgan fingerprint density at radius 3 is 1.66 bits per heavy atom. The fourth-order valence-corrected chi connectivity index (χ4v) is 8.16. The summed E-state index contributed by atoms with van der Waals surface area (Å²) in [6, 6.07) is 0. The van der Waals surface area contributed by atoms with E-state index in [-0.39, 0.29) is 19.3 Å². The first kappa shape index (κ1) is 64.6. The van der Waals surface area contributed by atoms with Gasteiger partial charge in [-0.1, -0.05) is 155 Å². The van der Waals surface area contributed by atoms with Crippen molar-refractivity contribution in [2.24, 2.45) is 0 Å². The zero-order valence-electron chi connectivity index (χ0n) is 41.0. The van der Waals surface area contributed by atoms with Crippen molar-refractivity contribution in [2.75, 3.05) is 13.2 Å². The second kappa shape index (κ2) is 40.1. The molecule has 17 nitrogen and oxygen atoms in total. The smallest absolute Gasteiger partial charge is 0.462 e. The van der Waals surface area contributed by atoms with Gasteiger partial charge in [0.1, 0.15) is 43.2 Å². The van der Waals surface area contributed by atoms with Crippen molar-refractivity contribution in [1.29, 1.82) is 0 Å². The molecule has 70 heavy (non-hydrogen) atoms. The summed E-state index contributed by atoms with van der Waals surface area (Å²) in [5.41, 5.74) is 0. The first-order chi connectivity index (χ1) is 33.5. The van der Waals surface area contributed by atoms with Gasteiger partial charge in [-0.2, -0.15) is 0 Å². The number of carbonyl (C=O) groups is 2. The Labute approximate surface area is 415 Å². The second-order valence-corrected chi connectivity index (χ2v) is 19.2. The standard InChI is InChI=1S/C51H82O17P2/c1-3-5-7-8-9-10-11-12-13-14-15-18-21-24-27-30-34-38-44(53)64-40-43(41-65-70(62,63)68-51-48(57)46(55)47(56)50(49(51)58)67-69(59,60)61)66-45(54)39-35-31-28-25-22-19-16-17-20-23-26-29-33-37-42(52)36-32-6-4-2/h6,12-13,15,17-20,22,24,26-29,31-33,37,42-43,46-52,55-58H,3-5,7-11,14,16,21,23,25,30,34-36,38-41H2,1-2H3,(H,62,63)(H2,59,60,61)/b13-12-,18-15-,20-17-,22-19-,27-24-,29-26+,31-28-,32-6-,37-33+/t42?,43-,46?,47?,48?,49?,50-,51+/m1/s1. The fourth-order valence-electron chi connectivity index (χ4n) is 6.62. The molecule has 1 fully saturated rings. The number of aliphatic hydroxyl groups is 5. The van der Waals surface area contributed by atoms with Gasteiger partial charge < -0.3 is 49.7 Å². The highest BCUT2D eigenvalue weighted by Crippen LogP contribution is 2.49. The largest absolute Gasteiger partial charge is 0.472 e. The van der Waals surface area contributed by atoms with Gasteiger partial charge >= 0.3 is 27.6 Å². The lowest BCUT2D eigenvalue weighted by Gasteiger charge is -2.43. The van der Waals surface area contributed by atoms with Gasteiger partial charge in [0.05, 0.1) is 12.7 Å². The van der Waals surface area contributed by atoms with Gasteiger partial charge in [0, 0.05) is 12.8 Å². The van der Waals surface area contributed by atoms with E-state index in [0.29, 0.717) is 25.7 Å². The molecule has 9 atom stereocenters. The van der Waals surface area contributed by atoms with Gasteiger partial charge in [-0.25, -0.2) is 9.13 Å². The number of phosphoric acid groups is 2. The van der Waals surface area contributed by atoms with Crippen molar-refractivity contribution in [3.8, 4) is 0 Å². The summed E-state index contributed by atoms with van der Waals surface area (Å²) in [4.78, 5) is 54.3. The molecule has 0 heterocycles. The number of ether oxygens (including phenoxy) is 2. The molecular formula is C51H82O17P2. The SMILES string of the molecule is CC/C=C\CC(O)/C=C/C=C/C/C=C\C/C=C\C/C=C\CCC(=O)O[C@H](COC(=O)CCC/C=C\C/C=C\C/C=C\CCCCCCCC)COP(=O)(O)O[C@H]1C(O)C(O)C(O)[C@@H](OP(=O)(O)O)C1O. The molecule has 0 radical (unpaired) electrons. The van der Waals surface area contributed by atoms with Gasteiger partial charge in [-0.15, -0.1) is 0 Å². The van der Waals surface area contributed by atoms with Crippen molar-refractivity contribution in [2.45, 2.75) is 185 Å². The van der Waals surface area contributed by atoms with Gasteiger partial charge in [-0.3, -0.25) is 23.2 Å². The average Bonchev–Trinajstić information content (AvgIpc) is 3.31. The molecule has 0 saturated heterocycles. The normalized spacial score (nSPS) is 22.4. The Morgan fingerprint density at radius 1 is 0.543 bits per heavy atom. The number of allylic oxidation sites excluding steroid dienone is 16. The van der Waals surface area contributed by atoms with Crippen LogP contribution < -0.4 is 0 Å². The Morgan fingerprint density at radius 2 is 1.07 bits per heavy atom. The topological polar surface area (TPSA) is 276 Å². The van der Waals surface area contributed by atoms with Crippen molar-refractivity contribution in [3.05, 3.63) is 109 Å². The van der Waals surface area contributed by atoms with Crippen LogP contribution in [0.4, 0.5) is 0 Å². The fraction of sp³-hybridized carbons (Fsp3) is 0.608. The maximum atomic E-state index is 13.0. The van der Waals surface area contributed by atoms with E-state index >= 15 is 0 Å². The number of carbonyl (C=O) groups excluding carboxylic acids is 2. The summed E-state index contributed by atoms with van der Waals surface area (Å²) in [7, 11) is -10.7. The molecule has 1 rings (SSSR count). The number of phosphoric ester groups is 2. The lowest BCUT2D eigenvalue weighted by atomic mass is 9.85. The number of hydrogen-bond acceptors (Lipinski definition) is 14. The van der Waals surface area contributed by atoms with E-state index in [1.165, 1.54) is 38.5 Å². The third-order valence-corrected chi connectivity index (χ3v) is 11.9. The number of esters is 2.